The highest BCUT2D eigenvalue weighted by Gasteiger charge is 2.27. The Morgan fingerprint density at radius 1 is 1.19 bits per heavy atom. The molecule has 2 aromatic rings. The molecule has 3 rings (SSSR count). The summed E-state index contributed by atoms with van der Waals surface area (Å²) in [6, 6.07) is 12.6. The summed E-state index contributed by atoms with van der Waals surface area (Å²) in [6.07, 6.45) is 1.91. The van der Waals surface area contributed by atoms with E-state index in [2.05, 4.69) is 11.4 Å². The van der Waals surface area contributed by atoms with Gasteiger partial charge in [0.2, 0.25) is 5.91 Å². The number of benzene rings is 2. The normalized spacial score (nSPS) is 14.3. The minimum atomic E-state index is -0.602. The number of methoxy groups -OCH3 is 1. The van der Waals surface area contributed by atoms with Crippen molar-refractivity contribution < 1.29 is 14.3 Å². The molecule has 136 valence electrons. The topological polar surface area (TPSA) is 58.6 Å². The molecule has 5 heteroatoms. The third kappa shape index (κ3) is 3.57. The van der Waals surface area contributed by atoms with Gasteiger partial charge in [-0.3, -0.25) is 9.59 Å². The lowest BCUT2D eigenvalue weighted by atomic mass is 10.0. The van der Waals surface area contributed by atoms with Crippen molar-refractivity contribution in [3.05, 3.63) is 59.2 Å². The van der Waals surface area contributed by atoms with Crippen LogP contribution in [0.2, 0.25) is 0 Å². The standard InChI is InChI=1S/C21H24N2O3/c1-14-13-17(26-3)10-11-18(14)20(24)22-15(2)21(25)23-12-6-8-16-7-4-5-9-19(16)23/h4-5,7,9-11,13,15H,6,8,12H2,1-3H3,(H,22,24). The highest BCUT2D eigenvalue weighted by atomic mass is 16.5. The number of rotatable bonds is 4. The van der Waals surface area contributed by atoms with Crippen molar-refractivity contribution in [3.63, 3.8) is 0 Å². The van der Waals surface area contributed by atoms with E-state index >= 15 is 0 Å². The van der Waals surface area contributed by atoms with E-state index in [9.17, 15) is 9.59 Å². The molecule has 0 radical (unpaired) electrons. The summed E-state index contributed by atoms with van der Waals surface area (Å²) in [7, 11) is 1.59. The van der Waals surface area contributed by atoms with Crippen LogP contribution < -0.4 is 15.0 Å². The number of amides is 2. The summed E-state index contributed by atoms with van der Waals surface area (Å²) in [4.78, 5) is 27.3. The predicted octanol–water partition coefficient (Wildman–Crippen LogP) is 3.10. The zero-order valence-electron chi connectivity index (χ0n) is 15.4. The first-order valence-electron chi connectivity index (χ1n) is 8.86. The third-order valence-electron chi connectivity index (χ3n) is 4.77. The molecule has 1 unspecified atom stereocenters. The van der Waals surface area contributed by atoms with Gasteiger partial charge in [-0.25, -0.2) is 0 Å². The molecule has 0 saturated carbocycles. The van der Waals surface area contributed by atoms with Gasteiger partial charge in [0.15, 0.2) is 0 Å². The van der Waals surface area contributed by atoms with Gasteiger partial charge in [0.05, 0.1) is 7.11 Å². The Kier molecular flexibility index (Phi) is 5.26. The molecule has 2 aromatic carbocycles. The molecule has 0 spiro atoms. The molecular formula is C21H24N2O3. The molecule has 0 aromatic heterocycles. The van der Waals surface area contributed by atoms with Gasteiger partial charge in [-0.1, -0.05) is 18.2 Å². The van der Waals surface area contributed by atoms with Crippen LogP contribution in [0.4, 0.5) is 5.69 Å². The number of ether oxygens (including phenoxy) is 1. The Morgan fingerprint density at radius 3 is 2.69 bits per heavy atom. The van der Waals surface area contributed by atoms with E-state index < -0.39 is 6.04 Å². The van der Waals surface area contributed by atoms with Gasteiger partial charge in [-0.05, 0) is 62.1 Å². The smallest absolute Gasteiger partial charge is 0.252 e. The van der Waals surface area contributed by atoms with Gasteiger partial charge in [0.25, 0.3) is 5.91 Å². The predicted molar refractivity (Wildman–Crippen MR) is 102 cm³/mol. The molecule has 0 bridgehead atoms. The van der Waals surface area contributed by atoms with Crippen LogP contribution in [0.3, 0.4) is 0 Å². The molecule has 1 aliphatic heterocycles. The molecule has 0 saturated heterocycles. The minimum Gasteiger partial charge on any atom is -0.497 e. The van der Waals surface area contributed by atoms with E-state index in [1.807, 2.05) is 31.2 Å². The fourth-order valence-corrected chi connectivity index (χ4v) is 3.35. The number of anilines is 1. The average molecular weight is 352 g/mol. The largest absolute Gasteiger partial charge is 0.497 e. The number of aryl methyl sites for hydroxylation is 2. The zero-order valence-corrected chi connectivity index (χ0v) is 15.4. The molecule has 0 aliphatic carbocycles. The van der Waals surface area contributed by atoms with E-state index in [1.165, 1.54) is 5.56 Å². The number of hydrogen-bond donors (Lipinski definition) is 1. The van der Waals surface area contributed by atoms with Gasteiger partial charge in [-0.2, -0.15) is 0 Å². The monoisotopic (exact) mass is 352 g/mol. The number of para-hydroxylation sites is 1. The van der Waals surface area contributed by atoms with Gasteiger partial charge in [-0.15, -0.1) is 0 Å². The lowest BCUT2D eigenvalue weighted by molar-refractivity contribution is -0.120. The molecule has 1 N–H and O–H groups in total. The van der Waals surface area contributed by atoms with Gasteiger partial charge in [0.1, 0.15) is 11.8 Å². The van der Waals surface area contributed by atoms with Crippen LogP contribution in [0, 0.1) is 6.92 Å². The van der Waals surface area contributed by atoms with Crippen LogP contribution in [-0.4, -0.2) is 31.5 Å². The van der Waals surface area contributed by atoms with E-state index in [0.29, 0.717) is 17.9 Å². The number of hydrogen-bond acceptors (Lipinski definition) is 3. The van der Waals surface area contributed by atoms with Crippen molar-refractivity contribution in [2.24, 2.45) is 0 Å². The van der Waals surface area contributed by atoms with Crippen LogP contribution in [0.25, 0.3) is 0 Å². The number of carbonyl (C=O) groups is 2. The molecular weight excluding hydrogens is 328 g/mol. The summed E-state index contributed by atoms with van der Waals surface area (Å²) < 4.78 is 5.17. The van der Waals surface area contributed by atoms with E-state index in [4.69, 9.17) is 4.74 Å². The Morgan fingerprint density at radius 2 is 1.96 bits per heavy atom. The van der Waals surface area contributed by atoms with Gasteiger partial charge in [0, 0.05) is 17.8 Å². The van der Waals surface area contributed by atoms with Crippen molar-refractivity contribution in [1.29, 1.82) is 0 Å². The van der Waals surface area contributed by atoms with Gasteiger partial charge < -0.3 is 15.0 Å². The number of fused-ring (bicyclic) bond motifs is 1. The second-order valence-electron chi connectivity index (χ2n) is 6.60. The molecule has 26 heavy (non-hydrogen) atoms. The van der Waals surface area contributed by atoms with Crippen molar-refractivity contribution in [2.75, 3.05) is 18.6 Å². The highest BCUT2D eigenvalue weighted by Crippen LogP contribution is 2.27. The average Bonchev–Trinajstić information content (AvgIpc) is 2.66. The summed E-state index contributed by atoms with van der Waals surface area (Å²) in [6.45, 7) is 4.26. The van der Waals surface area contributed by atoms with Crippen LogP contribution in [0.15, 0.2) is 42.5 Å². The first-order chi connectivity index (χ1) is 12.5. The number of nitrogens with one attached hydrogen (secondary N) is 1. The lowest BCUT2D eigenvalue weighted by Crippen LogP contribution is -2.48. The summed E-state index contributed by atoms with van der Waals surface area (Å²) in [5, 5.41) is 2.83. The number of nitrogens with zero attached hydrogens (tertiary/aromatic N) is 1. The molecule has 1 aliphatic rings. The van der Waals surface area contributed by atoms with Crippen molar-refractivity contribution in [3.8, 4) is 5.75 Å². The summed E-state index contributed by atoms with van der Waals surface area (Å²) in [5.74, 6) is 0.362. The molecule has 0 fully saturated rings. The van der Waals surface area contributed by atoms with Gasteiger partial charge >= 0.3 is 0 Å². The van der Waals surface area contributed by atoms with Crippen LogP contribution in [0.5, 0.6) is 5.75 Å². The maximum Gasteiger partial charge on any atom is 0.252 e. The maximum atomic E-state index is 12.9. The van der Waals surface area contributed by atoms with Crippen molar-refractivity contribution in [1.82, 2.24) is 5.32 Å². The van der Waals surface area contributed by atoms with E-state index in [1.54, 1.807) is 31.1 Å². The van der Waals surface area contributed by atoms with E-state index in [0.717, 1.165) is 24.1 Å². The first-order valence-corrected chi connectivity index (χ1v) is 8.86. The zero-order chi connectivity index (χ0) is 18.7. The Hall–Kier alpha value is -2.82. The lowest BCUT2D eigenvalue weighted by Gasteiger charge is -2.31. The van der Waals surface area contributed by atoms with Crippen LogP contribution in [-0.2, 0) is 11.2 Å². The molecule has 1 heterocycles. The third-order valence-corrected chi connectivity index (χ3v) is 4.77. The quantitative estimate of drug-likeness (QED) is 0.920. The Balaban J connectivity index is 1.73. The molecule has 1 atom stereocenters. The first kappa shape index (κ1) is 18.0. The van der Waals surface area contributed by atoms with E-state index in [-0.39, 0.29) is 11.8 Å². The second kappa shape index (κ2) is 7.60. The maximum absolute atomic E-state index is 12.9. The fraction of sp³-hybridized carbons (Fsp3) is 0.333. The number of carbonyl (C=O) groups excluding carboxylic acids is 2. The highest BCUT2D eigenvalue weighted by molar-refractivity contribution is 6.03. The Bertz CT molecular complexity index is 832. The molecule has 5 nitrogen and oxygen atoms in total. The summed E-state index contributed by atoms with van der Waals surface area (Å²) >= 11 is 0. The van der Waals surface area contributed by atoms with Crippen molar-refractivity contribution in [2.45, 2.75) is 32.7 Å². The van der Waals surface area contributed by atoms with Crippen LogP contribution in [0.1, 0.15) is 34.8 Å². The SMILES string of the molecule is COc1ccc(C(=O)NC(C)C(=O)N2CCCc3ccccc32)c(C)c1. The second-order valence-corrected chi connectivity index (χ2v) is 6.60. The Labute approximate surface area is 154 Å². The van der Waals surface area contributed by atoms with Crippen molar-refractivity contribution >= 4 is 17.5 Å². The summed E-state index contributed by atoms with van der Waals surface area (Å²) in [5.41, 5.74) is 3.48. The minimum absolute atomic E-state index is 0.0864. The molecule has 2 amide bonds. The fourth-order valence-electron chi connectivity index (χ4n) is 3.35. The van der Waals surface area contributed by atoms with Crippen LogP contribution >= 0.6 is 0 Å².